The van der Waals surface area contributed by atoms with Gasteiger partial charge in [-0.05, 0) is 48.4 Å². The Balaban J connectivity index is 1.52. The van der Waals surface area contributed by atoms with E-state index in [0.29, 0.717) is 18.7 Å². The van der Waals surface area contributed by atoms with Gasteiger partial charge in [-0.1, -0.05) is 6.07 Å². The average Bonchev–Trinajstić information content (AvgIpc) is 3.37. The summed E-state index contributed by atoms with van der Waals surface area (Å²) in [5.41, 5.74) is 2.31. The van der Waals surface area contributed by atoms with Crippen LogP contribution in [0.1, 0.15) is 26.5 Å². The zero-order valence-electron chi connectivity index (χ0n) is 14.6. The molecule has 1 aromatic heterocycles. The topological polar surface area (TPSA) is 106 Å². The van der Waals surface area contributed by atoms with E-state index in [2.05, 4.69) is 5.32 Å². The van der Waals surface area contributed by atoms with Gasteiger partial charge >= 0.3 is 0 Å². The maximum Gasteiger partial charge on any atom is 0.293 e. The van der Waals surface area contributed by atoms with Crippen molar-refractivity contribution in [3.05, 3.63) is 87.9 Å². The van der Waals surface area contributed by atoms with Gasteiger partial charge in [0.05, 0.1) is 11.2 Å². The van der Waals surface area contributed by atoms with Crippen molar-refractivity contribution in [3.63, 3.8) is 0 Å². The number of fused-ring (bicyclic) bond motifs is 1. The number of nitrogens with zero attached hydrogens (tertiary/aromatic N) is 2. The lowest BCUT2D eigenvalue weighted by Gasteiger charge is -2.16. The van der Waals surface area contributed by atoms with E-state index in [0.717, 1.165) is 11.3 Å². The number of non-ortho nitro benzene ring substituents is 1. The van der Waals surface area contributed by atoms with Crippen LogP contribution in [0.15, 0.2) is 65.3 Å². The molecular formula is C20H15N3O5. The van der Waals surface area contributed by atoms with Gasteiger partial charge in [-0.3, -0.25) is 19.7 Å². The molecule has 2 heterocycles. The van der Waals surface area contributed by atoms with Gasteiger partial charge in [-0.2, -0.15) is 0 Å². The van der Waals surface area contributed by atoms with Gasteiger partial charge in [0, 0.05) is 35.6 Å². The molecule has 3 aromatic rings. The summed E-state index contributed by atoms with van der Waals surface area (Å²) < 4.78 is 5.18. The maximum atomic E-state index is 12.5. The molecule has 140 valence electrons. The summed E-state index contributed by atoms with van der Waals surface area (Å²) in [5, 5.41) is 13.6. The highest BCUT2D eigenvalue weighted by molar-refractivity contribution is 6.07. The molecule has 0 saturated carbocycles. The van der Waals surface area contributed by atoms with Crippen LogP contribution in [0.4, 0.5) is 17.1 Å². The number of nitro benzene ring substituents is 1. The Morgan fingerprint density at radius 1 is 1.11 bits per heavy atom. The van der Waals surface area contributed by atoms with Gasteiger partial charge in [0.2, 0.25) is 0 Å². The zero-order valence-corrected chi connectivity index (χ0v) is 14.6. The standard InChI is InChI=1S/C20H15N3O5/c24-19(14-3-1-4-16(12-14)23(26)27)21-15-6-7-17-13(11-15)8-9-22(17)20(25)18-5-2-10-28-18/h1-7,10-12H,8-9H2,(H,21,24). The van der Waals surface area contributed by atoms with E-state index in [9.17, 15) is 19.7 Å². The van der Waals surface area contributed by atoms with E-state index in [4.69, 9.17) is 4.42 Å². The van der Waals surface area contributed by atoms with E-state index in [1.165, 1.54) is 30.5 Å². The predicted molar refractivity (Wildman–Crippen MR) is 102 cm³/mol. The highest BCUT2D eigenvalue weighted by Gasteiger charge is 2.27. The van der Waals surface area contributed by atoms with Crippen LogP contribution in [0, 0.1) is 10.1 Å². The molecule has 0 fully saturated rings. The van der Waals surface area contributed by atoms with E-state index in [1.807, 2.05) is 0 Å². The van der Waals surface area contributed by atoms with Crippen molar-refractivity contribution in [3.8, 4) is 0 Å². The van der Waals surface area contributed by atoms with Crippen LogP contribution in [-0.4, -0.2) is 23.3 Å². The predicted octanol–water partition coefficient (Wildman–Crippen LogP) is 3.64. The molecule has 0 spiro atoms. The minimum atomic E-state index is -0.545. The third-order valence-corrected chi connectivity index (χ3v) is 4.53. The number of nitro groups is 1. The lowest BCUT2D eigenvalue weighted by Crippen LogP contribution is -2.28. The molecule has 0 saturated heterocycles. The Morgan fingerprint density at radius 3 is 2.71 bits per heavy atom. The molecule has 28 heavy (non-hydrogen) atoms. The van der Waals surface area contributed by atoms with E-state index in [-0.39, 0.29) is 22.9 Å². The first-order chi connectivity index (χ1) is 13.5. The third-order valence-electron chi connectivity index (χ3n) is 4.53. The summed E-state index contributed by atoms with van der Waals surface area (Å²) in [5.74, 6) is -0.377. The molecule has 1 aliphatic heterocycles. The zero-order chi connectivity index (χ0) is 19.7. The third kappa shape index (κ3) is 3.23. The van der Waals surface area contributed by atoms with Crippen LogP contribution in [0.5, 0.6) is 0 Å². The summed E-state index contributed by atoms with van der Waals surface area (Å²) >= 11 is 0. The van der Waals surface area contributed by atoms with Crippen LogP contribution in [0.2, 0.25) is 0 Å². The second-order valence-corrected chi connectivity index (χ2v) is 6.29. The smallest absolute Gasteiger partial charge is 0.293 e. The molecule has 2 aromatic carbocycles. The summed E-state index contributed by atoms with van der Waals surface area (Å²) in [7, 11) is 0. The van der Waals surface area contributed by atoms with Crippen molar-refractivity contribution in [2.45, 2.75) is 6.42 Å². The Bertz CT molecular complexity index is 1080. The van der Waals surface area contributed by atoms with Crippen LogP contribution in [0.3, 0.4) is 0 Å². The number of anilines is 2. The fraction of sp³-hybridized carbons (Fsp3) is 0.100. The van der Waals surface area contributed by atoms with E-state index in [1.54, 1.807) is 35.2 Å². The molecule has 4 rings (SSSR count). The van der Waals surface area contributed by atoms with E-state index < -0.39 is 10.8 Å². The molecule has 0 radical (unpaired) electrons. The Labute approximate surface area is 159 Å². The molecule has 2 amide bonds. The Kier molecular flexibility index (Phi) is 4.36. The molecule has 0 atom stereocenters. The van der Waals surface area contributed by atoms with Crippen LogP contribution in [0.25, 0.3) is 0 Å². The highest BCUT2D eigenvalue weighted by Crippen LogP contribution is 2.32. The molecule has 0 aliphatic carbocycles. The van der Waals surface area contributed by atoms with Crippen LogP contribution in [-0.2, 0) is 6.42 Å². The van der Waals surface area contributed by atoms with Gasteiger partial charge in [0.25, 0.3) is 17.5 Å². The number of carbonyl (C=O) groups excluding carboxylic acids is 2. The van der Waals surface area contributed by atoms with Crippen molar-refractivity contribution < 1.29 is 18.9 Å². The quantitative estimate of drug-likeness (QED) is 0.552. The van der Waals surface area contributed by atoms with Crippen LogP contribution < -0.4 is 10.2 Å². The first-order valence-corrected chi connectivity index (χ1v) is 8.57. The first-order valence-electron chi connectivity index (χ1n) is 8.57. The maximum absolute atomic E-state index is 12.5. The fourth-order valence-electron chi connectivity index (χ4n) is 3.19. The summed E-state index contributed by atoms with van der Waals surface area (Å²) in [6, 6.07) is 14.1. The lowest BCUT2D eigenvalue weighted by molar-refractivity contribution is -0.384. The summed E-state index contributed by atoms with van der Waals surface area (Å²) in [4.78, 5) is 36.9. The normalized spacial score (nSPS) is 12.5. The number of carbonyl (C=O) groups is 2. The van der Waals surface area contributed by atoms with Crippen LogP contribution >= 0.6 is 0 Å². The number of amides is 2. The molecule has 0 unspecified atom stereocenters. The second kappa shape index (κ2) is 6.99. The van der Waals surface area contributed by atoms with E-state index >= 15 is 0 Å². The first kappa shape index (κ1) is 17.5. The van der Waals surface area contributed by atoms with Crippen molar-refractivity contribution >= 4 is 28.9 Å². The molecule has 1 aliphatic rings. The number of rotatable bonds is 4. The lowest BCUT2D eigenvalue weighted by atomic mass is 10.1. The fourth-order valence-corrected chi connectivity index (χ4v) is 3.19. The molecule has 1 N–H and O–H groups in total. The average molecular weight is 377 g/mol. The largest absolute Gasteiger partial charge is 0.459 e. The molecule has 0 bridgehead atoms. The van der Waals surface area contributed by atoms with Gasteiger partial charge in [-0.25, -0.2) is 0 Å². The molecular weight excluding hydrogens is 362 g/mol. The van der Waals surface area contributed by atoms with Crippen molar-refractivity contribution in [2.75, 3.05) is 16.8 Å². The van der Waals surface area contributed by atoms with Gasteiger partial charge < -0.3 is 14.6 Å². The Hall–Kier alpha value is -3.94. The highest BCUT2D eigenvalue weighted by atomic mass is 16.6. The number of benzene rings is 2. The minimum absolute atomic E-state index is 0.145. The monoisotopic (exact) mass is 377 g/mol. The molecule has 8 nitrogen and oxygen atoms in total. The SMILES string of the molecule is O=C(Nc1ccc2c(c1)CCN2C(=O)c1ccco1)c1cccc([N+](=O)[O-])c1. The van der Waals surface area contributed by atoms with Crippen molar-refractivity contribution in [1.82, 2.24) is 0 Å². The second-order valence-electron chi connectivity index (χ2n) is 6.29. The minimum Gasteiger partial charge on any atom is -0.459 e. The number of furan rings is 1. The molecule has 8 heteroatoms. The number of nitrogens with one attached hydrogen (secondary N) is 1. The van der Waals surface area contributed by atoms with Gasteiger partial charge in [0.15, 0.2) is 5.76 Å². The summed E-state index contributed by atoms with van der Waals surface area (Å²) in [6.45, 7) is 0.525. The summed E-state index contributed by atoms with van der Waals surface area (Å²) in [6.07, 6.45) is 2.11. The van der Waals surface area contributed by atoms with Gasteiger partial charge in [-0.15, -0.1) is 0 Å². The Morgan fingerprint density at radius 2 is 1.96 bits per heavy atom. The van der Waals surface area contributed by atoms with Gasteiger partial charge in [0.1, 0.15) is 0 Å². The van der Waals surface area contributed by atoms with Crippen molar-refractivity contribution in [1.29, 1.82) is 0 Å². The number of hydrogen-bond acceptors (Lipinski definition) is 5. The van der Waals surface area contributed by atoms with Crippen molar-refractivity contribution in [2.24, 2.45) is 0 Å². The number of hydrogen-bond donors (Lipinski definition) is 1.